The number of anilines is 2. The van der Waals surface area contributed by atoms with Crippen LogP contribution in [0.4, 0.5) is 11.5 Å². The minimum atomic E-state index is 0.0109. The number of rotatable bonds is 6. The molecule has 1 amide bonds. The van der Waals surface area contributed by atoms with E-state index in [9.17, 15) is 4.79 Å². The topological polar surface area (TPSA) is 54.0 Å². The number of hydrogen-bond donors (Lipinski definition) is 2. The van der Waals surface area contributed by atoms with Crippen molar-refractivity contribution < 1.29 is 4.79 Å². The van der Waals surface area contributed by atoms with Crippen molar-refractivity contribution in [3.05, 3.63) is 52.2 Å². The first-order valence-electron chi connectivity index (χ1n) is 9.42. The van der Waals surface area contributed by atoms with Crippen molar-refractivity contribution >= 4 is 29.0 Å². The van der Waals surface area contributed by atoms with Crippen LogP contribution in [-0.2, 0) is 0 Å². The Morgan fingerprint density at radius 2 is 2.08 bits per heavy atom. The third kappa shape index (κ3) is 3.70. The molecule has 2 N–H and O–H groups in total. The van der Waals surface area contributed by atoms with Crippen molar-refractivity contribution in [2.45, 2.75) is 44.9 Å². The van der Waals surface area contributed by atoms with E-state index in [1.807, 2.05) is 31.2 Å². The number of aromatic nitrogens is 1. The predicted octanol–water partition coefficient (Wildman–Crippen LogP) is 5.19. The van der Waals surface area contributed by atoms with Crippen LogP contribution in [0, 0.1) is 12.8 Å². The summed E-state index contributed by atoms with van der Waals surface area (Å²) in [4.78, 5) is 17.1. The van der Waals surface area contributed by atoms with Gasteiger partial charge in [0, 0.05) is 23.5 Å². The van der Waals surface area contributed by atoms with Gasteiger partial charge in [-0.3, -0.25) is 4.79 Å². The molecule has 5 heteroatoms. The minimum absolute atomic E-state index is 0.0109. The average Bonchev–Trinajstić information content (AvgIpc) is 3.42. The van der Waals surface area contributed by atoms with Crippen LogP contribution >= 0.6 is 11.6 Å². The third-order valence-electron chi connectivity index (χ3n) is 5.50. The number of halogens is 1. The number of carbonyl (C=O) groups excluding carboxylic acids is 1. The number of nitrogens with one attached hydrogen (secondary N) is 2. The van der Waals surface area contributed by atoms with Gasteiger partial charge in [0.15, 0.2) is 0 Å². The van der Waals surface area contributed by atoms with Crippen LogP contribution in [-0.4, -0.2) is 17.4 Å². The second-order valence-corrected chi connectivity index (χ2v) is 7.88. The molecule has 4 nitrogen and oxygen atoms in total. The van der Waals surface area contributed by atoms with Gasteiger partial charge in [-0.2, -0.15) is 0 Å². The Morgan fingerprint density at radius 1 is 1.27 bits per heavy atom. The zero-order valence-electron chi connectivity index (χ0n) is 15.0. The van der Waals surface area contributed by atoms with Crippen molar-refractivity contribution in [2.75, 3.05) is 11.9 Å². The molecule has 4 rings (SSSR count). The van der Waals surface area contributed by atoms with Crippen molar-refractivity contribution in [3.63, 3.8) is 0 Å². The highest BCUT2D eigenvalue weighted by atomic mass is 35.5. The van der Waals surface area contributed by atoms with Crippen LogP contribution in [0.15, 0.2) is 30.5 Å². The van der Waals surface area contributed by atoms with E-state index in [2.05, 4.69) is 15.6 Å². The summed E-state index contributed by atoms with van der Waals surface area (Å²) >= 11 is 6.20. The van der Waals surface area contributed by atoms with Gasteiger partial charge in [0.25, 0.3) is 5.91 Å². The Bertz CT molecular complexity index is 828. The van der Waals surface area contributed by atoms with Gasteiger partial charge in [-0.15, -0.1) is 0 Å². The van der Waals surface area contributed by atoms with Gasteiger partial charge in [0.1, 0.15) is 5.82 Å². The molecular formula is C21H24ClN3O. The predicted molar refractivity (Wildman–Crippen MR) is 105 cm³/mol. The Kier molecular flexibility index (Phi) is 4.86. The maximum absolute atomic E-state index is 12.6. The van der Waals surface area contributed by atoms with Gasteiger partial charge in [-0.25, -0.2) is 4.98 Å². The Balaban J connectivity index is 1.53. The highest BCUT2D eigenvalue weighted by Crippen LogP contribution is 2.42. The van der Waals surface area contributed by atoms with Crippen LogP contribution in [0.1, 0.15) is 59.5 Å². The summed E-state index contributed by atoms with van der Waals surface area (Å²) in [6, 6.07) is 7.80. The van der Waals surface area contributed by atoms with E-state index >= 15 is 0 Å². The van der Waals surface area contributed by atoms with E-state index in [0.717, 1.165) is 52.6 Å². The fourth-order valence-corrected chi connectivity index (χ4v) is 3.55. The van der Waals surface area contributed by atoms with E-state index in [1.54, 1.807) is 6.20 Å². The van der Waals surface area contributed by atoms with Gasteiger partial charge < -0.3 is 10.6 Å². The summed E-state index contributed by atoms with van der Waals surface area (Å²) in [5, 5.41) is 7.16. The Labute approximate surface area is 159 Å². The molecule has 0 aliphatic heterocycles. The maximum Gasteiger partial charge on any atom is 0.253 e. The van der Waals surface area contributed by atoms with E-state index in [-0.39, 0.29) is 5.91 Å². The van der Waals surface area contributed by atoms with Crippen molar-refractivity contribution in [3.8, 4) is 0 Å². The number of pyridine rings is 1. The standard InChI is InChI=1S/C21H24ClN3O/c1-13-18(22)6-3-7-19(13)25-20-10-16(15-8-9-15)17(12-23-20)21(26)24-11-14-4-2-5-14/h3,6-7,10,12,14-15H,2,4-5,8-9,11H2,1H3,(H,23,25)(H,24,26). The summed E-state index contributed by atoms with van der Waals surface area (Å²) in [5.74, 6) is 1.90. The summed E-state index contributed by atoms with van der Waals surface area (Å²) in [7, 11) is 0. The molecule has 0 bridgehead atoms. The molecule has 0 spiro atoms. The zero-order valence-corrected chi connectivity index (χ0v) is 15.8. The summed E-state index contributed by atoms with van der Waals surface area (Å²) in [6.45, 7) is 2.76. The summed E-state index contributed by atoms with van der Waals surface area (Å²) < 4.78 is 0. The van der Waals surface area contributed by atoms with E-state index in [4.69, 9.17) is 11.6 Å². The molecule has 136 valence electrons. The Morgan fingerprint density at radius 3 is 2.77 bits per heavy atom. The molecule has 0 unspecified atom stereocenters. The largest absolute Gasteiger partial charge is 0.352 e. The molecule has 0 saturated heterocycles. The first kappa shape index (κ1) is 17.3. The van der Waals surface area contributed by atoms with Crippen LogP contribution in [0.5, 0.6) is 0 Å². The second kappa shape index (κ2) is 7.28. The van der Waals surface area contributed by atoms with E-state index in [0.29, 0.717) is 11.8 Å². The van der Waals surface area contributed by atoms with Gasteiger partial charge in [-0.1, -0.05) is 24.1 Å². The van der Waals surface area contributed by atoms with Crippen LogP contribution in [0.2, 0.25) is 5.02 Å². The van der Waals surface area contributed by atoms with Gasteiger partial charge in [0.05, 0.1) is 5.56 Å². The average molecular weight is 370 g/mol. The van der Waals surface area contributed by atoms with E-state index < -0.39 is 0 Å². The van der Waals surface area contributed by atoms with Crippen LogP contribution in [0.25, 0.3) is 0 Å². The number of amides is 1. The molecule has 0 radical (unpaired) electrons. The smallest absolute Gasteiger partial charge is 0.253 e. The molecule has 1 aromatic heterocycles. The minimum Gasteiger partial charge on any atom is -0.352 e. The lowest BCUT2D eigenvalue weighted by molar-refractivity contribution is 0.0937. The molecule has 1 heterocycles. The monoisotopic (exact) mass is 369 g/mol. The highest BCUT2D eigenvalue weighted by Gasteiger charge is 2.29. The lowest BCUT2D eigenvalue weighted by Crippen LogP contribution is -2.32. The summed E-state index contributed by atoms with van der Waals surface area (Å²) in [5.41, 5.74) is 3.76. The molecule has 2 aliphatic carbocycles. The SMILES string of the molecule is Cc1c(Cl)cccc1Nc1cc(C2CC2)c(C(=O)NCC2CCC2)cn1. The van der Waals surface area contributed by atoms with Gasteiger partial charge in [-0.05, 0) is 73.8 Å². The molecule has 2 fully saturated rings. The molecule has 0 atom stereocenters. The first-order chi connectivity index (χ1) is 12.6. The number of carbonyl (C=O) groups is 1. The fraction of sp³-hybridized carbons (Fsp3) is 0.429. The maximum atomic E-state index is 12.6. The summed E-state index contributed by atoms with van der Waals surface area (Å²) in [6.07, 6.45) is 7.75. The Hall–Kier alpha value is -2.07. The fourth-order valence-electron chi connectivity index (χ4n) is 3.37. The lowest BCUT2D eigenvalue weighted by atomic mass is 9.85. The van der Waals surface area contributed by atoms with Crippen molar-refractivity contribution in [1.29, 1.82) is 0 Å². The highest BCUT2D eigenvalue weighted by molar-refractivity contribution is 6.31. The van der Waals surface area contributed by atoms with Crippen LogP contribution < -0.4 is 10.6 Å². The molecule has 2 saturated carbocycles. The number of nitrogens with zero attached hydrogens (tertiary/aromatic N) is 1. The van der Waals surface area contributed by atoms with Crippen molar-refractivity contribution in [1.82, 2.24) is 10.3 Å². The molecular weight excluding hydrogens is 346 g/mol. The van der Waals surface area contributed by atoms with Crippen LogP contribution in [0.3, 0.4) is 0 Å². The first-order valence-corrected chi connectivity index (χ1v) is 9.80. The van der Waals surface area contributed by atoms with Gasteiger partial charge >= 0.3 is 0 Å². The molecule has 1 aromatic carbocycles. The number of hydrogen-bond acceptors (Lipinski definition) is 3. The number of benzene rings is 1. The lowest BCUT2D eigenvalue weighted by Gasteiger charge is -2.25. The normalized spacial score (nSPS) is 16.8. The van der Waals surface area contributed by atoms with E-state index in [1.165, 1.54) is 19.3 Å². The molecule has 2 aliphatic rings. The molecule has 26 heavy (non-hydrogen) atoms. The zero-order chi connectivity index (χ0) is 18.1. The second-order valence-electron chi connectivity index (χ2n) is 7.48. The third-order valence-corrected chi connectivity index (χ3v) is 5.91. The van der Waals surface area contributed by atoms with Crippen molar-refractivity contribution in [2.24, 2.45) is 5.92 Å². The van der Waals surface area contributed by atoms with Gasteiger partial charge in [0.2, 0.25) is 0 Å². The quantitative estimate of drug-likeness (QED) is 0.736. The molecule has 2 aromatic rings.